The van der Waals surface area contributed by atoms with E-state index >= 15 is 0 Å². The minimum Gasteiger partial charge on any atom is -0.476 e. The lowest BCUT2D eigenvalue weighted by molar-refractivity contribution is 0.253. The quantitative estimate of drug-likeness (QED) is 0.833. The molecule has 1 N–H and O–H groups in total. The lowest BCUT2D eigenvalue weighted by atomic mass is 10.1. The fraction of sp³-hybridized carbons (Fsp3) is 0.333. The molecule has 1 aromatic carbocycles. The van der Waals surface area contributed by atoms with Crippen molar-refractivity contribution in [3.63, 3.8) is 0 Å². The zero-order chi connectivity index (χ0) is 13.9. The topological polar surface area (TPSA) is 66.6 Å². The second-order valence-corrected chi connectivity index (χ2v) is 4.84. The highest BCUT2D eigenvalue weighted by molar-refractivity contribution is 5.98. The third-order valence-electron chi connectivity index (χ3n) is 3.24. The molecule has 1 fully saturated rings. The van der Waals surface area contributed by atoms with Crippen molar-refractivity contribution in [3.8, 4) is 6.07 Å². The van der Waals surface area contributed by atoms with Gasteiger partial charge >= 0.3 is 0 Å². The number of hydrogen-bond acceptors (Lipinski definition) is 5. The molecule has 1 saturated heterocycles. The van der Waals surface area contributed by atoms with Gasteiger partial charge in [0.1, 0.15) is 25.3 Å². The van der Waals surface area contributed by atoms with E-state index in [1.165, 1.54) is 0 Å². The summed E-state index contributed by atoms with van der Waals surface area (Å²) in [5, 5.41) is 12.4. The van der Waals surface area contributed by atoms with Crippen molar-refractivity contribution in [1.82, 2.24) is 5.32 Å². The van der Waals surface area contributed by atoms with Crippen molar-refractivity contribution in [2.45, 2.75) is 19.0 Å². The average molecular weight is 269 g/mol. The second kappa shape index (κ2) is 5.25. The van der Waals surface area contributed by atoms with Crippen LogP contribution in [0.1, 0.15) is 18.5 Å². The molecule has 5 heteroatoms. The van der Waals surface area contributed by atoms with Gasteiger partial charge in [0, 0.05) is 0 Å². The number of nitriles is 1. The van der Waals surface area contributed by atoms with Gasteiger partial charge in [0.25, 0.3) is 0 Å². The summed E-state index contributed by atoms with van der Waals surface area (Å²) >= 11 is 0. The molecule has 102 valence electrons. The zero-order valence-corrected chi connectivity index (χ0v) is 11.2. The van der Waals surface area contributed by atoms with Crippen molar-refractivity contribution in [2.24, 2.45) is 4.99 Å². The molecular weight excluding hydrogens is 254 g/mol. The molecule has 1 aromatic rings. The molecule has 2 atom stereocenters. The average Bonchev–Trinajstić information content (AvgIpc) is 3.11. The SMILES string of the molecule is CC1CO/C(=C(\C#N)C2=NC(c3ccccc3)CO2)N1. The van der Waals surface area contributed by atoms with Crippen molar-refractivity contribution in [2.75, 3.05) is 13.2 Å². The van der Waals surface area contributed by atoms with Crippen molar-refractivity contribution in [1.29, 1.82) is 5.26 Å². The molecule has 0 bridgehead atoms. The molecule has 0 spiro atoms. The zero-order valence-electron chi connectivity index (χ0n) is 11.2. The van der Waals surface area contributed by atoms with Gasteiger partial charge in [-0.2, -0.15) is 5.26 Å². The number of nitrogens with one attached hydrogen (secondary N) is 1. The van der Waals surface area contributed by atoms with Gasteiger partial charge in [0.05, 0.1) is 6.04 Å². The van der Waals surface area contributed by atoms with Gasteiger partial charge in [-0.25, -0.2) is 4.99 Å². The van der Waals surface area contributed by atoms with Crippen LogP contribution in [-0.4, -0.2) is 25.2 Å². The van der Waals surface area contributed by atoms with E-state index in [-0.39, 0.29) is 12.1 Å². The largest absolute Gasteiger partial charge is 0.476 e. The maximum absolute atomic E-state index is 9.30. The monoisotopic (exact) mass is 269 g/mol. The molecule has 0 radical (unpaired) electrons. The maximum Gasteiger partial charge on any atom is 0.233 e. The van der Waals surface area contributed by atoms with Crippen LogP contribution in [-0.2, 0) is 9.47 Å². The Labute approximate surface area is 117 Å². The summed E-state index contributed by atoms with van der Waals surface area (Å²) in [7, 11) is 0. The summed E-state index contributed by atoms with van der Waals surface area (Å²) in [6.45, 7) is 3.00. The van der Waals surface area contributed by atoms with Crippen molar-refractivity contribution < 1.29 is 9.47 Å². The van der Waals surface area contributed by atoms with Crippen LogP contribution in [0.5, 0.6) is 0 Å². The molecule has 20 heavy (non-hydrogen) atoms. The Morgan fingerprint density at radius 2 is 2.10 bits per heavy atom. The number of benzene rings is 1. The third kappa shape index (κ3) is 2.32. The Bertz CT molecular complexity index is 601. The van der Waals surface area contributed by atoms with E-state index in [1.54, 1.807) is 0 Å². The van der Waals surface area contributed by atoms with Gasteiger partial charge in [-0.1, -0.05) is 30.3 Å². The summed E-state index contributed by atoms with van der Waals surface area (Å²) in [6.07, 6.45) is 0. The molecule has 2 aliphatic heterocycles. The Balaban J connectivity index is 1.86. The van der Waals surface area contributed by atoms with Crippen LogP contribution in [0.15, 0.2) is 46.8 Å². The smallest absolute Gasteiger partial charge is 0.233 e. The predicted molar refractivity (Wildman–Crippen MR) is 73.8 cm³/mol. The minimum atomic E-state index is -0.0611. The molecule has 0 aromatic heterocycles. The summed E-state index contributed by atoms with van der Waals surface area (Å²) in [5.41, 5.74) is 1.42. The highest BCUT2D eigenvalue weighted by Crippen LogP contribution is 2.26. The Morgan fingerprint density at radius 3 is 2.75 bits per heavy atom. The highest BCUT2D eigenvalue weighted by atomic mass is 16.5. The lowest BCUT2D eigenvalue weighted by Gasteiger charge is -2.04. The van der Waals surface area contributed by atoms with Crippen molar-refractivity contribution in [3.05, 3.63) is 47.4 Å². The molecule has 2 heterocycles. The Kier molecular flexibility index (Phi) is 3.30. The van der Waals surface area contributed by atoms with Gasteiger partial charge in [0.15, 0.2) is 5.57 Å². The molecule has 2 unspecified atom stereocenters. The molecular formula is C15H15N3O2. The van der Waals surface area contributed by atoms with Crippen LogP contribution in [0.3, 0.4) is 0 Å². The van der Waals surface area contributed by atoms with E-state index in [9.17, 15) is 5.26 Å². The number of nitrogens with zero attached hydrogens (tertiary/aromatic N) is 2. The van der Waals surface area contributed by atoms with Crippen LogP contribution in [0, 0.1) is 11.3 Å². The molecule has 5 nitrogen and oxygen atoms in total. The first kappa shape index (κ1) is 12.5. The maximum atomic E-state index is 9.30. The summed E-state index contributed by atoms with van der Waals surface area (Å²) < 4.78 is 11.0. The Hall–Kier alpha value is -2.48. The summed E-state index contributed by atoms with van der Waals surface area (Å²) in [6, 6.07) is 12.2. The van der Waals surface area contributed by atoms with E-state index in [1.807, 2.05) is 37.3 Å². The van der Waals surface area contributed by atoms with Crippen LogP contribution >= 0.6 is 0 Å². The van der Waals surface area contributed by atoms with Gasteiger partial charge in [0.2, 0.25) is 11.8 Å². The van der Waals surface area contributed by atoms with Crippen LogP contribution in [0.4, 0.5) is 0 Å². The van der Waals surface area contributed by atoms with Crippen molar-refractivity contribution >= 4 is 5.90 Å². The summed E-state index contributed by atoms with van der Waals surface area (Å²) in [5.74, 6) is 0.824. The minimum absolute atomic E-state index is 0.0611. The van der Waals surface area contributed by atoms with Gasteiger partial charge in [-0.05, 0) is 12.5 Å². The second-order valence-electron chi connectivity index (χ2n) is 4.84. The molecule has 0 saturated carbocycles. The first-order valence-corrected chi connectivity index (χ1v) is 6.57. The van der Waals surface area contributed by atoms with E-state index in [4.69, 9.17) is 9.47 Å². The van der Waals surface area contributed by atoms with Crippen LogP contribution in [0.2, 0.25) is 0 Å². The van der Waals surface area contributed by atoms with Gasteiger partial charge in [-0.3, -0.25) is 0 Å². The third-order valence-corrected chi connectivity index (χ3v) is 3.24. The lowest BCUT2D eigenvalue weighted by Crippen LogP contribution is -2.20. The number of ether oxygens (including phenoxy) is 2. The highest BCUT2D eigenvalue weighted by Gasteiger charge is 2.28. The molecule has 0 aliphatic carbocycles. The van der Waals surface area contributed by atoms with E-state index in [0.29, 0.717) is 30.6 Å². The standard InChI is InChI=1S/C15H15N3O2/c1-10-8-19-14(17-10)12(7-16)15-18-13(9-20-15)11-5-3-2-4-6-11/h2-6,10,13,17H,8-9H2,1H3/b14-12+. The number of aliphatic imine (C=N–C) groups is 1. The summed E-state index contributed by atoms with van der Waals surface area (Å²) in [4.78, 5) is 4.49. The first-order valence-electron chi connectivity index (χ1n) is 6.57. The Morgan fingerprint density at radius 1 is 1.30 bits per heavy atom. The van der Waals surface area contributed by atoms with Gasteiger partial charge < -0.3 is 14.8 Å². The van der Waals surface area contributed by atoms with E-state index in [2.05, 4.69) is 16.4 Å². The van der Waals surface area contributed by atoms with Crippen LogP contribution in [0.25, 0.3) is 0 Å². The molecule has 0 amide bonds. The normalized spacial score (nSPS) is 26.9. The van der Waals surface area contributed by atoms with E-state index in [0.717, 1.165) is 5.56 Å². The number of hydrogen-bond donors (Lipinski definition) is 1. The van der Waals surface area contributed by atoms with E-state index < -0.39 is 0 Å². The first-order chi connectivity index (χ1) is 9.78. The van der Waals surface area contributed by atoms with Crippen LogP contribution < -0.4 is 5.32 Å². The molecule has 3 rings (SSSR count). The molecule has 2 aliphatic rings. The number of rotatable bonds is 2. The van der Waals surface area contributed by atoms with Gasteiger partial charge in [-0.15, -0.1) is 0 Å². The fourth-order valence-corrected chi connectivity index (χ4v) is 2.21. The predicted octanol–water partition coefficient (Wildman–Crippen LogP) is 1.90. The fourth-order valence-electron chi connectivity index (χ4n) is 2.21.